The molecule has 1 rings (SSSR count). The largest absolute Gasteiger partial charge is 0.480 e. The molecule has 0 amide bonds. The Hall–Kier alpha value is -1.47. The predicted octanol–water partition coefficient (Wildman–Crippen LogP) is 2.01. The number of hydrogen-bond acceptors (Lipinski definition) is 3. The number of carboxylic acid groups (broad SMARTS) is 1. The number of carboxylic acids is 1. The van der Waals surface area contributed by atoms with Gasteiger partial charge in [0.25, 0.3) is 0 Å². The van der Waals surface area contributed by atoms with E-state index in [4.69, 9.17) is 5.11 Å². The Balaban J connectivity index is 3.28. The van der Waals surface area contributed by atoms with Gasteiger partial charge >= 0.3 is 5.97 Å². The first-order valence-corrected chi connectivity index (χ1v) is 7.64. The lowest BCUT2D eigenvalue weighted by atomic mass is 10.2. The van der Waals surface area contributed by atoms with Crippen LogP contribution in [0.1, 0.15) is 25.8 Å². The van der Waals surface area contributed by atoms with Crippen LogP contribution in [0.5, 0.6) is 0 Å². The van der Waals surface area contributed by atoms with Crippen molar-refractivity contribution in [3.63, 3.8) is 0 Å². The van der Waals surface area contributed by atoms with Gasteiger partial charge in [0, 0.05) is 6.04 Å². The summed E-state index contributed by atoms with van der Waals surface area (Å²) >= 11 is 0. The van der Waals surface area contributed by atoms with Gasteiger partial charge in [0.1, 0.15) is 12.4 Å². The van der Waals surface area contributed by atoms with E-state index in [-0.39, 0.29) is 4.90 Å². The van der Waals surface area contributed by atoms with Crippen LogP contribution in [0.2, 0.25) is 0 Å². The van der Waals surface area contributed by atoms with Crippen LogP contribution in [0.25, 0.3) is 0 Å². The standard InChI is InChI=1S/C13H18FNO4S/c1-4-10(3)15(8-13(16)17)20(18,19)11-6-5-9(2)12(14)7-11/h5-7,10H,4,8H2,1-3H3,(H,16,17). The van der Waals surface area contributed by atoms with E-state index in [0.29, 0.717) is 12.0 Å². The Labute approximate surface area is 118 Å². The van der Waals surface area contributed by atoms with Gasteiger partial charge in [0.05, 0.1) is 4.90 Å². The summed E-state index contributed by atoms with van der Waals surface area (Å²) in [5, 5.41) is 8.86. The first-order chi connectivity index (χ1) is 9.20. The molecule has 1 N–H and O–H groups in total. The fraction of sp³-hybridized carbons (Fsp3) is 0.462. The van der Waals surface area contributed by atoms with E-state index in [1.165, 1.54) is 19.1 Å². The molecule has 0 aromatic heterocycles. The number of carbonyl (C=O) groups is 1. The van der Waals surface area contributed by atoms with Crippen molar-refractivity contribution in [2.45, 2.75) is 38.1 Å². The number of halogens is 1. The molecule has 1 atom stereocenters. The quantitative estimate of drug-likeness (QED) is 0.872. The Bertz CT molecular complexity index is 600. The zero-order valence-electron chi connectivity index (χ0n) is 11.6. The van der Waals surface area contributed by atoms with Gasteiger partial charge in [-0.1, -0.05) is 13.0 Å². The monoisotopic (exact) mass is 303 g/mol. The van der Waals surface area contributed by atoms with E-state index in [1.807, 2.05) is 0 Å². The van der Waals surface area contributed by atoms with Gasteiger partial charge in [-0.3, -0.25) is 4.79 Å². The molecule has 0 aliphatic carbocycles. The number of rotatable bonds is 6. The molecule has 1 unspecified atom stereocenters. The highest BCUT2D eigenvalue weighted by Crippen LogP contribution is 2.21. The van der Waals surface area contributed by atoms with Gasteiger partial charge < -0.3 is 5.11 Å². The average Bonchev–Trinajstić information content (AvgIpc) is 2.37. The Morgan fingerprint density at radius 2 is 2.05 bits per heavy atom. The molecular formula is C13H18FNO4S. The summed E-state index contributed by atoms with van der Waals surface area (Å²) in [6.07, 6.45) is 0.459. The van der Waals surface area contributed by atoms with Gasteiger partial charge in [-0.15, -0.1) is 0 Å². The fourth-order valence-corrected chi connectivity index (χ4v) is 3.35. The zero-order valence-corrected chi connectivity index (χ0v) is 12.4. The molecule has 0 spiro atoms. The number of nitrogens with zero attached hydrogens (tertiary/aromatic N) is 1. The minimum atomic E-state index is -4.03. The summed E-state index contributed by atoms with van der Waals surface area (Å²) in [5.41, 5.74) is 0.331. The summed E-state index contributed by atoms with van der Waals surface area (Å²) in [4.78, 5) is 10.6. The number of aliphatic carboxylic acids is 1. The van der Waals surface area contributed by atoms with Crippen molar-refractivity contribution in [3.8, 4) is 0 Å². The number of sulfonamides is 1. The van der Waals surface area contributed by atoms with Crippen LogP contribution in [0.3, 0.4) is 0 Å². The molecular weight excluding hydrogens is 285 g/mol. The molecule has 0 radical (unpaired) electrons. The second kappa shape index (κ2) is 6.32. The number of aryl methyl sites for hydroxylation is 1. The van der Waals surface area contributed by atoms with Crippen LogP contribution in [0.4, 0.5) is 4.39 Å². The van der Waals surface area contributed by atoms with Crippen molar-refractivity contribution < 1.29 is 22.7 Å². The molecule has 1 aromatic carbocycles. The first kappa shape index (κ1) is 16.6. The molecule has 0 aliphatic rings. The zero-order chi connectivity index (χ0) is 15.5. The van der Waals surface area contributed by atoms with Gasteiger partial charge in [0.2, 0.25) is 10.0 Å². The Morgan fingerprint density at radius 1 is 1.45 bits per heavy atom. The minimum absolute atomic E-state index is 0.234. The van der Waals surface area contributed by atoms with E-state index < -0.39 is 34.4 Å². The maximum atomic E-state index is 13.5. The van der Waals surface area contributed by atoms with Gasteiger partial charge in [0.15, 0.2) is 0 Å². The van der Waals surface area contributed by atoms with E-state index in [0.717, 1.165) is 10.4 Å². The molecule has 0 bridgehead atoms. The van der Waals surface area contributed by atoms with Crippen LogP contribution in [0.15, 0.2) is 23.1 Å². The van der Waals surface area contributed by atoms with Crippen molar-refractivity contribution in [2.24, 2.45) is 0 Å². The van der Waals surface area contributed by atoms with E-state index in [1.54, 1.807) is 13.8 Å². The molecule has 0 aliphatic heterocycles. The highest BCUT2D eigenvalue weighted by Gasteiger charge is 2.30. The maximum Gasteiger partial charge on any atom is 0.318 e. The summed E-state index contributed by atoms with van der Waals surface area (Å²) in [6.45, 7) is 4.25. The summed E-state index contributed by atoms with van der Waals surface area (Å²) < 4.78 is 39.2. The minimum Gasteiger partial charge on any atom is -0.480 e. The molecule has 7 heteroatoms. The first-order valence-electron chi connectivity index (χ1n) is 6.20. The maximum absolute atomic E-state index is 13.5. The topological polar surface area (TPSA) is 74.7 Å². The lowest BCUT2D eigenvalue weighted by Crippen LogP contribution is -2.41. The highest BCUT2D eigenvalue weighted by atomic mass is 32.2. The number of benzene rings is 1. The van der Waals surface area contributed by atoms with Crippen molar-refractivity contribution in [3.05, 3.63) is 29.6 Å². The SMILES string of the molecule is CCC(C)N(CC(=O)O)S(=O)(=O)c1ccc(C)c(F)c1. The van der Waals surface area contributed by atoms with Crippen LogP contribution >= 0.6 is 0 Å². The van der Waals surface area contributed by atoms with Crippen LogP contribution < -0.4 is 0 Å². The molecule has 5 nitrogen and oxygen atoms in total. The number of hydrogen-bond donors (Lipinski definition) is 1. The van der Waals surface area contributed by atoms with Crippen LogP contribution in [-0.2, 0) is 14.8 Å². The molecule has 1 aromatic rings. The smallest absolute Gasteiger partial charge is 0.318 e. The van der Waals surface area contributed by atoms with Gasteiger partial charge in [-0.05, 0) is 38.0 Å². The molecule has 0 heterocycles. The van der Waals surface area contributed by atoms with Crippen molar-refractivity contribution >= 4 is 16.0 Å². The molecule has 0 fully saturated rings. The second-order valence-corrected chi connectivity index (χ2v) is 6.50. The Kier molecular flexibility index (Phi) is 5.24. The normalized spacial score (nSPS) is 13.4. The van der Waals surface area contributed by atoms with Crippen molar-refractivity contribution in [1.82, 2.24) is 4.31 Å². The lowest BCUT2D eigenvalue weighted by molar-refractivity contribution is -0.137. The third-order valence-electron chi connectivity index (χ3n) is 3.12. The van der Waals surface area contributed by atoms with E-state index in [9.17, 15) is 17.6 Å². The van der Waals surface area contributed by atoms with Crippen LogP contribution in [-0.4, -0.2) is 36.4 Å². The highest BCUT2D eigenvalue weighted by molar-refractivity contribution is 7.89. The third kappa shape index (κ3) is 3.55. The van der Waals surface area contributed by atoms with Crippen molar-refractivity contribution in [2.75, 3.05) is 6.54 Å². The van der Waals surface area contributed by atoms with Crippen LogP contribution in [0, 0.1) is 12.7 Å². The van der Waals surface area contributed by atoms with E-state index >= 15 is 0 Å². The fourth-order valence-electron chi connectivity index (χ4n) is 1.68. The molecule has 20 heavy (non-hydrogen) atoms. The van der Waals surface area contributed by atoms with Crippen molar-refractivity contribution in [1.29, 1.82) is 0 Å². The van der Waals surface area contributed by atoms with E-state index in [2.05, 4.69) is 0 Å². The second-order valence-electron chi connectivity index (χ2n) is 4.61. The molecule has 112 valence electrons. The lowest BCUT2D eigenvalue weighted by Gasteiger charge is -2.26. The summed E-state index contributed by atoms with van der Waals surface area (Å²) in [6, 6.07) is 3.07. The van der Waals surface area contributed by atoms with Gasteiger partial charge in [-0.2, -0.15) is 4.31 Å². The summed E-state index contributed by atoms with van der Waals surface area (Å²) in [5.74, 6) is -1.88. The Morgan fingerprint density at radius 3 is 2.50 bits per heavy atom. The molecule has 0 saturated heterocycles. The summed E-state index contributed by atoms with van der Waals surface area (Å²) in [7, 11) is -4.03. The molecule has 0 saturated carbocycles. The average molecular weight is 303 g/mol. The van der Waals surface area contributed by atoms with Gasteiger partial charge in [-0.25, -0.2) is 12.8 Å². The third-order valence-corrected chi connectivity index (χ3v) is 5.08. The predicted molar refractivity (Wildman–Crippen MR) is 72.4 cm³/mol.